The first-order chi connectivity index (χ1) is 12.0. The number of hydrogen-bond donors (Lipinski definition) is 1. The highest BCUT2D eigenvalue weighted by atomic mass is 32.2. The quantitative estimate of drug-likeness (QED) is 0.648. The van der Waals surface area contributed by atoms with Crippen LogP contribution in [-0.4, -0.2) is 45.8 Å². The van der Waals surface area contributed by atoms with Crippen LogP contribution >= 0.6 is 24.0 Å². The van der Waals surface area contributed by atoms with E-state index < -0.39 is 5.97 Å². The van der Waals surface area contributed by atoms with Gasteiger partial charge in [-0.25, -0.2) is 0 Å². The zero-order chi connectivity index (χ0) is 17.6. The van der Waals surface area contributed by atoms with Gasteiger partial charge in [0.1, 0.15) is 10.9 Å². The van der Waals surface area contributed by atoms with Crippen LogP contribution in [0.3, 0.4) is 0 Å². The van der Waals surface area contributed by atoms with Crippen molar-refractivity contribution < 1.29 is 14.7 Å². The second-order valence-electron chi connectivity index (χ2n) is 6.54. The fourth-order valence-electron chi connectivity index (χ4n) is 3.84. The average molecular weight is 374 g/mol. The van der Waals surface area contributed by atoms with Crippen molar-refractivity contribution in [3.8, 4) is 0 Å². The number of amides is 1. The molecule has 0 atom stereocenters. The van der Waals surface area contributed by atoms with Gasteiger partial charge in [-0.15, -0.1) is 0 Å². The first-order valence-corrected chi connectivity index (χ1v) is 9.63. The van der Waals surface area contributed by atoms with Gasteiger partial charge >= 0.3 is 5.97 Å². The number of aryl methyl sites for hydroxylation is 2. The van der Waals surface area contributed by atoms with Crippen LogP contribution in [0.15, 0.2) is 17.0 Å². The number of rotatable bonds is 3. The van der Waals surface area contributed by atoms with E-state index in [1.54, 1.807) is 0 Å². The molecule has 0 spiro atoms. The van der Waals surface area contributed by atoms with E-state index in [1.807, 2.05) is 6.08 Å². The molecule has 0 aliphatic carbocycles. The molecule has 0 unspecified atom stereocenters. The van der Waals surface area contributed by atoms with Gasteiger partial charge in [-0.2, -0.15) is 0 Å². The summed E-state index contributed by atoms with van der Waals surface area (Å²) in [4.78, 5) is 27.5. The van der Waals surface area contributed by atoms with Crippen molar-refractivity contribution in [2.75, 3.05) is 24.5 Å². The summed E-state index contributed by atoms with van der Waals surface area (Å²) >= 11 is 6.34. The maximum atomic E-state index is 12.4. The highest BCUT2D eigenvalue weighted by Gasteiger charge is 2.33. The van der Waals surface area contributed by atoms with E-state index in [2.05, 4.69) is 17.0 Å². The molecule has 3 aliphatic rings. The SMILES string of the molecule is O=C(O)CN1C(=O)C(=Cc2cc3c4c(c2)CCCN4CCC3)SC1=S. The maximum absolute atomic E-state index is 12.4. The number of nitrogens with zero attached hydrogens (tertiary/aromatic N) is 2. The molecule has 1 saturated heterocycles. The van der Waals surface area contributed by atoms with Crippen LogP contribution in [0, 0.1) is 0 Å². The molecule has 1 fully saturated rings. The number of carbonyl (C=O) groups excluding carboxylic acids is 1. The predicted octanol–water partition coefficient (Wildman–Crippen LogP) is 2.67. The van der Waals surface area contributed by atoms with E-state index in [1.165, 1.54) is 28.6 Å². The molecule has 1 amide bonds. The Morgan fingerprint density at radius 2 is 1.88 bits per heavy atom. The van der Waals surface area contributed by atoms with E-state index in [0.717, 1.165) is 49.2 Å². The lowest BCUT2D eigenvalue weighted by molar-refractivity contribution is -0.140. The highest BCUT2D eigenvalue weighted by molar-refractivity contribution is 8.26. The zero-order valence-corrected chi connectivity index (χ0v) is 15.3. The van der Waals surface area contributed by atoms with Gasteiger partial charge in [0, 0.05) is 18.8 Å². The van der Waals surface area contributed by atoms with E-state index >= 15 is 0 Å². The van der Waals surface area contributed by atoms with Crippen LogP contribution in [-0.2, 0) is 22.4 Å². The van der Waals surface area contributed by atoms with E-state index in [-0.39, 0.29) is 12.5 Å². The molecule has 0 bridgehead atoms. The molecule has 1 N–H and O–H groups in total. The lowest BCUT2D eigenvalue weighted by Crippen LogP contribution is -2.34. The van der Waals surface area contributed by atoms with Gasteiger partial charge in [0.2, 0.25) is 0 Å². The summed E-state index contributed by atoms with van der Waals surface area (Å²) in [5, 5.41) is 8.93. The van der Waals surface area contributed by atoms with Gasteiger partial charge in [0.05, 0.1) is 4.91 Å². The number of benzene rings is 1. The zero-order valence-electron chi connectivity index (χ0n) is 13.7. The summed E-state index contributed by atoms with van der Waals surface area (Å²) < 4.78 is 0.309. The first kappa shape index (κ1) is 16.6. The van der Waals surface area contributed by atoms with Crippen molar-refractivity contribution in [3.63, 3.8) is 0 Å². The molecular weight excluding hydrogens is 356 g/mol. The first-order valence-electron chi connectivity index (χ1n) is 8.41. The van der Waals surface area contributed by atoms with Crippen molar-refractivity contribution in [2.24, 2.45) is 0 Å². The van der Waals surface area contributed by atoms with Gasteiger partial charge in [-0.1, -0.05) is 24.0 Å². The Bertz CT molecular complexity index is 788. The van der Waals surface area contributed by atoms with E-state index in [0.29, 0.717) is 9.23 Å². The third-order valence-corrected chi connectivity index (χ3v) is 6.20. The highest BCUT2D eigenvalue weighted by Crippen LogP contribution is 2.38. The van der Waals surface area contributed by atoms with Crippen molar-refractivity contribution in [2.45, 2.75) is 25.7 Å². The van der Waals surface area contributed by atoms with Crippen LogP contribution in [0.2, 0.25) is 0 Å². The van der Waals surface area contributed by atoms with Crippen LogP contribution in [0.1, 0.15) is 29.5 Å². The lowest BCUT2D eigenvalue weighted by atomic mass is 9.90. The molecule has 1 aromatic rings. The van der Waals surface area contributed by atoms with Crippen LogP contribution < -0.4 is 4.90 Å². The fraction of sp³-hybridized carbons (Fsp3) is 0.389. The lowest BCUT2D eigenvalue weighted by Gasteiger charge is -2.37. The predicted molar refractivity (Wildman–Crippen MR) is 103 cm³/mol. The second kappa shape index (κ2) is 6.46. The number of thiocarbonyl (C=S) groups is 1. The summed E-state index contributed by atoms with van der Waals surface area (Å²) in [6.45, 7) is 1.88. The Morgan fingerprint density at radius 3 is 2.48 bits per heavy atom. The van der Waals surface area contributed by atoms with Gasteiger partial charge in [-0.05, 0) is 60.6 Å². The molecule has 0 aromatic heterocycles. The van der Waals surface area contributed by atoms with Crippen LogP contribution in [0.4, 0.5) is 5.69 Å². The third kappa shape index (κ3) is 3.06. The number of carbonyl (C=O) groups is 2. The number of aliphatic carboxylic acids is 1. The summed E-state index contributed by atoms with van der Waals surface area (Å²) in [5.74, 6) is -1.37. The number of thioether (sulfide) groups is 1. The molecule has 3 aliphatic heterocycles. The van der Waals surface area contributed by atoms with Gasteiger partial charge in [-0.3, -0.25) is 14.5 Å². The fourth-order valence-corrected chi connectivity index (χ4v) is 5.09. The second-order valence-corrected chi connectivity index (χ2v) is 8.22. The van der Waals surface area contributed by atoms with Crippen LogP contribution in [0.5, 0.6) is 0 Å². The van der Waals surface area contributed by atoms with Crippen molar-refractivity contribution in [1.29, 1.82) is 0 Å². The normalized spacial score (nSPS) is 21.0. The smallest absolute Gasteiger partial charge is 0.323 e. The van der Waals surface area contributed by atoms with E-state index in [4.69, 9.17) is 17.3 Å². The van der Waals surface area contributed by atoms with Gasteiger partial charge < -0.3 is 10.0 Å². The number of carboxylic acid groups (broad SMARTS) is 1. The molecule has 1 aromatic carbocycles. The van der Waals surface area contributed by atoms with Crippen molar-refractivity contribution in [1.82, 2.24) is 4.90 Å². The molecule has 130 valence electrons. The molecule has 7 heteroatoms. The van der Waals surface area contributed by atoms with Crippen molar-refractivity contribution in [3.05, 3.63) is 33.7 Å². The molecule has 4 rings (SSSR count). The topological polar surface area (TPSA) is 60.9 Å². The number of anilines is 1. The van der Waals surface area contributed by atoms with Crippen molar-refractivity contribution >= 4 is 51.9 Å². The third-order valence-electron chi connectivity index (χ3n) is 4.82. The Labute approximate surface area is 155 Å². The largest absolute Gasteiger partial charge is 0.480 e. The Morgan fingerprint density at radius 1 is 1.24 bits per heavy atom. The minimum absolute atomic E-state index is 0.309. The molecule has 3 heterocycles. The number of carboxylic acids is 1. The Hall–Kier alpha value is -1.86. The minimum atomic E-state index is -1.06. The summed E-state index contributed by atoms with van der Waals surface area (Å²) in [6, 6.07) is 4.33. The molecule has 0 radical (unpaired) electrons. The van der Waals surface area contributed by atoms with Gasteiger partial charge in [0.25, 0.3) is 5.91 Å². The van der Waals surface area contributed by atoms with Gasteiger partial charge in [0.15, 0.2) is 0 Å². The van der Waals surface area contributed by atoms with E-state index in [9.17, 15) is 9.59 Å². The minimum Gasteiger partial charge on any atom is -0.480 e. The summed E-state index contributed by atoms with van der Waals surface area (Å²) in [6.07, 6.45) is 6.32. The van der Waals surface area contributed by atoms with Crippen LogP contribution in [0.25, 0.3) is 6.08 Å². The summed E-state index contributed by atoms with van der Waals surface area (Å²) in [7, 11) is 0. The molecule has 5 nitrogen and oxygen atoms in total. The maximum Gasteiger partial charge on any atom is 0.323 e. The Kier molecular flexibility index (Phi) is 4.29. The molecular formula is C18H18N2O3S2. The number of hydrogen-bond acceptors (Lipinski definition) is 5. The standard InChI is InChI=1S/C18H18N2O3S2/c21-15(22)10-20-17(23)14(25-18(20)24)9-11-7-12-3-1-5-19-6-2-4-13(8-11)16(12)19/h7-9H,1-6,10H2,(H,21,22). The molecule has 0 saturated carbocycles. The Balaban J connectivity index is 1.67. The monoisotopic (exact) mass is 374 g/mol. The summed E-state index contributed by atoms with van der Waals surface area (Å²) in [5.41, 5.74) is 5.12. The average Bonchev–Trinajstić information content (AvgIpc) is 2.82. The molecule has 25 heavy (non-hydrogen) atoms.